The minimum atomic E-state index is -3.40. The molecule has 0 spiro atoms. The zero-order valence-corrected chi connectivity index (χ0v) is 14.4. The summed E-state index contributed by atoms with van der Waals surface area (Å²) in [6.45, 7) is 1.70. The van der Waals surface area contributed by atoms with Crippen molar-refractivity contribution in [1.82, 2.24) is 10.2 Å². The number of hydrogen-bond donors (Lipinski definition) is 1. The van der Waals surface area contributed by atoms with E-state index in [-0.39, 0.29) is 24.1 Å². The second kappa shape index (κ2) is 6.61. The first kappa shape index (κ1) is 16.5. The van der Waals surface area contributed by atoms with Gasteiger partial charge in [-0.3, -0.25) is 4.79 Å². The molecule has 1 N–H and O–H groups in total. The smallest absolute Gasteiger partial charge is 0.223 e. The fourth-order valence-corrected chi connectivity index (χ4v) is 4.71. The number of aryl methyl sites for hydroxylation is 2. The van der Waals surface area contributed by atoms with E-state index in [1.54, 1.807) is 24.1 Å². The number of sulfone groups is 1. The summed E-state index contributed by atoms with van der Waals surface area (Å²) in [5.74, 6) is -0.210. The van der Waals surface area contributed by atoms with Gasteiger partial charge in [-0.15, -0.1) is 0 Å². The molecule has 1 fully saturated rings. The molecule has 1 amide bonds. The molecule has 2 aliphatic rings. The summed E-state index contributed by atoms with van der Waals surface area (Å²) in [5.41, 5.74) is 2.40. The van der Waals surface area contributed by atoms with E-state index in [0.29, 0.717) is 4.90 Å². The van der Waals surface area contributed by atoms with Crippen LogP contribution >= 0.6 is 0 Å². The number of carbonyl (C=O) groups is 1. The molecule has 1 heterocycles. The molecule has 0 bridgehead atoms. The second-order valence-electron chi connectivity index (χ2n) is 6.50. The molecule has 1 aromatic rings. The summed E-state index contributed by atoms with van der Waals surface area (Å²) < 4.78 is 25.0. The molecule has 23 heavy (non-hydrogen) atoms. The average molecular weight is 336 g/mol. The molecule has 126 valence electrons. The third-order valence-corrected chi connectivity index (χ3v) is 6.70. The molecule has 0 radical (unpaired) electrons. The molecule has 6 heteroatoms. The number of rotatable bonds is 5. The first-order valence-electron chi connectivity index (χ1n) is 8.28. The first-order valence-corrected chi connectivity index (χ1v) is 9.93. The van der Waals surface area contributed by atoms with Gasteiger partial charge >= 0.3 is 0 Å². The maximum absolute atomic E-state index is 12.5. The summed E-state index contributed by atoms with van der Waals surface area (Å²) >= 11 is 0. The predicted molar refractivity (Wildman–Crippen MR) is 89.2 cm³/mol. The van der Waals surface area contributed by atoms with Gasteiger partial charge in [-0.2, -0.15) is 0 Å². The Morgan fingerprint density at radius 1 is 1.30 bits per heavy atom. The van der Waals surface area contributed by atoms with Crippen molar-refractivity contribution in [2.45, 2.75) is 43.0 Å². The fourth-order valence-electron chi connectivity index (χ4n) is 3.43. The van der Waals surface area contributed by atoms with Crippen molar-refractivity contribution in [2.24, 2.45) is 0 Å². The van der Waals surface area contributed by atoms with Gasteiger partial charge in [-0.1, -0.05) is 6.07 Å². The van der Waals surface area contributed by atoms with E-state index in [1.165, 1.54) is 5.56 Å². The molecule has 1 unspecified atom stereocenters. The average Bonchev–Trinajstić information content (AvgIpc) is 3.22. The number of carbonyl (C=O) groups excluding carboxylic acids is 1. The molecular weight excluding hydrogens is 312 g/mol. The van der Waals surface area contributed by atoms with Gasteiger partial charge in [-0.05, 0) is 55.5 Å². The van der Waals surface area contributed by atoms with Crippen molar-refractivity contribution in [1.29, 1.82) is 0 Å². The Balaban J connectivity index is 1.63. The van der Waals surface area contributed by atoms with Crippen LogP contribution in [-0.2, 0) is 27.5 Å². The van der Waals surface area contributed by atoms with Crippen LogP contribution in [0.5, 0.6) is 0 Å². The van der Waals surface area contributed by atoms with E-state index < -0.39 is 9.84 Å². The molecule has 1 aliphatic carbocycles. The Morgan fingerprint density at radius 3 is 2.83 bits per heavy atom. The summed E-state index contributed by atoms with van der Waals surface area (Å²) in [6.07, 6.45) is 4.06. The fraction of sp³-hybridized carbons (Fsp3) is 0.588. The van der Waals surface area contributed by atoms with Crippen LogP contribution in [0, 0.1) is 0 Å². The van der Waals surface area contributed by atoms with E-state index in [1.807, 2.05) is 6.07 Å². The van der Waals surface area contributed by atoms with Gasteiger partial charge in [0.2, 0.25) is 5.91 Å². The van der Waals surface area contributed by atoms with Crippen LogP contribution in [-0.4, -0.2) is 51.2 Å². The molecule has 1 aromatic carbocycles. The van der Waals surface area contributed by atoms with Crippen molar-refractivity contribution in [3.05, 3.63) is 29.3 Å². The molecule has 3 rings (SSSR count). The number of nitrogens with one attached hydrogen (secondary N) is 1. The van der Waals surface area contributed by atoms with Crippen molar-refractivity contribution in [3.63, 3.8) is 0 Å². The standard InChI is InChI=1S/C17H24N2O3S/c1-19(15-7-9-18-12-15)17(20)8-10-23(21,22)16-6-5-13-3-2-4-14(13)11-16/h5-6,11,15,18H,2-4,7-10,12H2,1H3. The lowest BCUT2D eigenvalue weighted by Crippen LogP contribution is -2.39. The largest absolute Gasteiger partial charge is 0.341 e. The van der Waals surface area contributed by atoms with Gasteiger partial charge in [0.1, 0.15) is 0 Å². The molecule has 0 saturated carbocycles. The Hall–Kier alpha value is -1.40. The monoisotopic (exact) mass is 336 g/mol. The number of hydrogen-bond acceptors (Lipinski definition) is 4. The van der Waals surface area contributed by atoms with Gasteiger partial charge in [0.25, 0.3) is 0 Å². The SMILES string of the molecule is CN(C(=O)CCS(=O)(=O)c1ccc2c(c1)CCC2)C1CCNC1. The summed E-state index contributed by atoms with van der Waals surface area (Å²) in [4.78, 5) is 14.3. The molecule has 1 aliphatic heterocycles. The molecular formula is C17H24N2O3S. The van der Waals surface area contributed by atoms with E-state index in [0.717, 1.165) is 44.3 Å². The number of benzene rings is 1. The van der Waals surface area contributed by atoms with Crippen molar-refractivity contribution < 1.29 is 13.2 Å². The van der Waals surface area contributed by atoms with Crippen LogP contribution in [0.3, 0.4) is 0 Å². The number of amides is 1. The van der Waals surface area contributed by atoms with Gasteiger partial charge in [0.15, 0.2) is 9.84 Å². The van der Waals surface area contributed by atoms with Gasteiger partial charge in [0, 0.05) is 26.1 Å². The highest BCUT2D eigenvalue weighted by Gasteiger charge is 2.25. The minimum absolute atomic E-state index is 0.0480. The van der Waals surface area contributed by atoms with Crippen molar-refractivity contribution in [3.8, 4) is 0 Å². The molecule has 1 atom stereocenters. The number of likely N-dealkylation sites (N-methyl/N-ethyl adjacent to an activating group) is 1. The minimum Gasteiger partial charge on any atom is -0.341 e. The third-order valence-electron chi connectivity index (χ3n) is 4.99. The summed E-state index contributed by atoms with van der Waals surface area (Å²) in [5, 5.41) is 3.22. The molecule has 0 aromatic heterocycles. The molecule has 5 nitrogen and oxygen atoms in total. The summed E-state index contributed by atoms with van der Waals surface area (Å²) in [6, 6.07) is 5.60. The van der Waals surface area contributed by atoms with Gasteiger partial charge < -0.3 is 10.2 Å². The van der Waals surface area contributed by atoms with E-state index in [4.69, 9.17) is 0 Å². The zero-order valence-electron chi connectivity index (χ0n) is 13.5. The first-order chi connectivity index (χ1) is 11.0. The number of fused-ring (bicyclic) bond motifs is 1. The lowest BCUT2D eigenvalue weighted by Gasteiger charge is -2.23. The third kappa shape index (κ3) is 3.58. The van der Waals surface area contributed by atoms with Crippen LogP contribution in [0.2, 0.25) is 0 Å². The Labute approximate surface area is 138 Å². The van der Waals surface area contributed by atoms with Crippen LogP contribution < -0.4 is 5.32 Å². The van der Waals surface area contributed by atoms with Crippen molar-refractivity contribution >= 4 is 15.7 Å². The Kier molecular flexibility index (Phi) is 4.73. The Morgan fingerprint density at radius 2 is 2.09 bits per heavy atom. The van der Waals surface area contributed by atoms with E-state index >= 15 is 0 Å². The van der Waals surface area contributed by atoms with Gasteiger partial charge in [0.05, 0.1) is 10.6 Å². The van der Waals surface area contributed by atoms with Crippen LogP contribution in [0.15, 0.2) is 23.1 Å². The Bertz CT molecular complexity index is 694. The maximum atomic E-state index is 12.5. The topological polar surface area (TPSA) is 66.5 Å². The zero-order chi connectivity index (χ0) is 16.4. The highest BCUT2D eigenvalue weighted by Crippen LogP contribution is 2.25. The van der Waals surface area contributed by atoms with E-state index in [9.17, 15) is 13.2 Å². The van der Waals surface area contributed by atoms with Gasteiger partial charge in [-0.25, -0.2) is 8.42 Å². The number of nitrogens with zero attached hydrogens (tertiary/aromatic N) is 1. The quantitative estimate of drug-likeness (QED) is 0.876. The second-order valence-corrected chi connectivity index (χ2v) is 8.61. The van der Waals surface area contributed by atoms with Crippen LogP contribution in [0.1, 0.15) is 30.4 Å². The van der Waals surface area contributed by atoms with Crippen LogP contribution in [0.25, 0.3) is 0 Å². The highest BCUT2D eigenvalue weighted by atomic mass is 32.2. The van der Waals surface area contributed by atoms with Crippen molar-refractivity contribution in [2.75, 3.05) is 25.9 Å². The maximum Gasteiger partial charge on any atom is 0.223 e. The predicted octanol–water partition coefficient (Wildman–Crippen LogP) is 1.16. The summed E-state index contributed by atoms with van der Waals surface area (Å²) in [7, 11) is -1.63. The lowest BCUT2D eigenvalue weighted by atomic mass is 10.1. The van der Waals surface area contributed by atoms with E-state index in [2.05, 4.69) is 5.32 Å². The molecule has 1 saturated heterocycles. The van der Waals surface area contributed by atoms with Crippen LogP contribution in [0.4, 0.5) is 0 Å². The highest BCUT2D eigenvalue weighted by molar-refractivity contribution is 7.91. The lowest BCUT2D eigenvalue weighted by molar-refractivity contribution is -0.131. The normalized spacial score (nSPS) is 20.5.